The van der Waals surface area contributed by atoms with Gasteiger partial charge in [0.15, 0.2) is 0 Å². The molecule has 0 saturated carbocycles. The summed E-state index contributed by atoms with van der Waals surface area (Å²) in [5.41, 5.74) is -0.108. The predicted octanol–water partition coefficient (Wildman–Crippen LogP) is 3.54. The van der Waals surface area contributed by atoms with Crippen molar-refractivity contribution in [3.05, 3.63) is 57.3 Å². The van der Waals surface area contributed by atoms with Crippen LogP contribution < -0.4 is 4.74 Å². The van der Waals surface area contributed by atoms with Crippen LogP contribution >= 0.6 is 15.9 Å². The van der Waals surface area contributed by atoms with Gasteiger partial charge in [-0.1, -0.05) is 15.9 Å². The predicted molar refractivity (Wildman–Crippen MR) is 65.1 cm³/mol. The molecule has 0 aliphatic carbocycles. The summed E-state index contributed by atoms with van der Waals surface area (Å²) in [4.78, 5) is 14.1. The minimum absolute atomic E-state index is 0.108. The summed E-state index contributed by atoms with van der Waals surface area (Å²) in [6.45, 7) is 0. The van der Waals surface area contributed by atoms with Crippen LogP contribution in [0.2, 0.25) is 0 Å². The summed E-state index contributed by atoms with van der Waals surface area (Å²) in [5.74, 6) is 0.643. The highest BCUT2D eigenvalue weighted by molar-refractivity contribution is 9.10. The van der Waals surface area contributed by atoms with E-state index in [2.05, 4.69) is 20.9 Å². The van der Waals surface area contributed by atoms with Crippen LogP contribution in [0.15, 0.2) is 47.2 Å². The average Bonchev–Trinajstić information content (AvgIpc) is 2.32. The maximum Gasteiger partial charge on any atom is 0.314 e. The van der Waals surface area contributed by atoms with Crippen LogP contribution in [0.1, 0.15) is 0 Å². The first-order valence-electron chi connectivity index (χ1n) is 4.68. The number of benzene rings is 1. The number of aromatic nitrogens is 1. The third-order valence-electron chi connectivity index (χ3n) is 2.00. The van der Waals surface area contributed by atoms with E-state index in [1.165, 1.54) is 18.5 Å². The fourth-order valence-corrected chi connectivity index (χ4v) is 1.50. The molecule has 0 amide bonds. The summed E-state index contributed by atoms with van der Waals surface area (Å²) in [6.07, 6.45) is 2.67. The fourth-order valence-electron chi connectivity index (χ4n) is 1.23. The number of hydrogen-bond donors (Lipinski definition) is 0. The van der Waals surface area contributed by atoms with Crippen LogP contribution in [-0.2, 0) is 0 Å². The number of rotatable bonds is 3. The van der Waals surface area contributed by atoms with Crippen molar-refractivity contribution in [3.8, 4) is 11.5 Å². The zero-order chi connectivity index (χ0) is 12.3. The van der Waals surface area contributed by atoms with E-state index in [0.717, 1.165) is 4.47 Å². The lowest BCUT2D eigenvalue weighted by Crippen LogP contribution is -1.93. The molecule has 0 N–H and O–H groups in total. The van der Waals surface area contributed by atoms with E-state index in [9.17, 15) is 10.1 Å². The van der Waals surface area contributed by atoms with E-state index in [0.29, 0.717) is 5.75 Å². The minimum Gasteiger partial charge on any atom is -0.448 e. The molecule has 0 aliphatic heterocycles. The Kier molecular flexibility index (Phi) is 3.34. The van der Waals surface area contributed by atoms with E-state index in [4.69, 9.17) is 4.74 Å². The maximum absolute atomic E-state index is 10.8. The summed E-state index contributed by atoms with van der Waals surface area (Å²) < 4.78 is 6.31. The molecule has 0 atom stereocenters. The van der Waals surface area contributed by atoms with Crippen molar-refractivity contribution in [1.82, 2.24) is 4.98 Å². The molecular formula is C11H7BrN2O3. The van der Waals surface area contributed by atoms with E-state index >= 15 is 0 Å². The number of pyridine rings is 1. The number of nitrogens with zero attached hydrogens (tertiary/aromatic N) is 2. The molecule has 1 heterocycles. The van der Waals surface area contributed by atoms with E-state index < -0.39 is 4.92 Å². The molecular weight excluding hydrogens is 288 g/mol. The molecule has 0 bridgehead atoms. The highest BCUT2D eigenvalue weighted by atomic mass is 79.9. The van der Waals surface area contributed by atoms with Gasteiger partial charge in [0.1, 0.15) is 5.75 Å². The highest BCUT2D eigenvalue weighted by Crippen LogP contribution is 2.30. The van der Waals surface area contributed by atoms with Crippen molar-refractivity contribution in [2.75, 3.05) is 0 Å². The summed E-state index contributed by atoms with van der Waals surface area (Å²) in [5, 5.41) is 10.8. The average molecular weight is 295 g/mol. The van der Waals surface area contributed by atoms with Crippen molar-refractivity contribution in [1.29, 1.82) is 0 Å². The Morgan fingerprint density at radius 3 is 2.59 bits per heavy atom. The quantitative estimate of drug-likeness (QED) is 0.641. The second kappa shape index (κ2) is 4.92. The van der Waals surface area contributed by atoms with Gasteiger partial charge in [-0.15, -0.1) is 0 Å². The molecule has 0 saturated heterocycles. The Hall–Kier alpha value is -1.95. The van der Waals surface area contributed by atoms with Gasteiger partial charge in [-0.2, -0.15) is 0 Å². The van der Waals surface area contributed by atoms with Gasteiger partial charge in [-0.05, 0) is 24.3 Å². The van der Waals surface area contributed by atoms with Gasteiger partial charge in [0.05, 0.1) is 11.1 Å². The topological polar surface area (TPSA) is 65.3 Å². The zero-order valence-electron chi connectivity index (χ0n) is 8.54. The molecule has 0 radical (unpaired) electrons. The third-order valence-corrected chi connectivity index (χ3v) is 2.53. The van der Waals surface area contributed by atoms with Crippen molar-refractivity contribution in [3.63, 3.8) is 0 Å². The summed E-state index contributed by atoms with van der Waals surface area (Å²) in [6, 6.07) is 8.30. The van der Waals surface area contributed by atoms with E-state index in [1.54, 1.807) is 24.3 Å². The van der Waals surface area contributed by atoms with Crippen LogP contribution in [0.4, 0.5) is 5.69 Å². The highest BCUT2D eigenvalue weighted by Gasteiger charge is 2.14. The Morgan fingerprint density at radius 2 is 1.94 bits per heavy atom. The molecule has 0 aliphatic rings. The number of halogens is 1. The van der Waals surface area contributed by atoms with Gasteiger partial charge in [-0.25, -0.2) is 0 Å². The van der Waals surface area contributed by atoms with Crippen molar-refractivity contribution < 1.29 is 9.66 Å². The molecule has 0 unspecified atom stereocenters. The molecule has 6 heteroatoms. The van der Waals surface area contributed by atoms with Crippen LogP contribution in [0.3, 0.4) is 0 Å². The molecule has 86 valence electrons. The van der Waals surface area contributed by atoms with Crippen LogP contribution in [0.25, 0.3) is 0 Å². The lowest BCUT2D eigenvalue weighted by atomic mass is 10.3. The molecule has 0 fully saturated rings. The maximum atomic E-state index is 10.8. The van der Waals surface area contributed by atoms with Crippen LogP contribution in [-0.4, -0.2) is 9.91 Å². The minimum atomic E-state index is -0.504. The van der Waals surface area contributed by atoms with Crippen LogP contribution in [0.5, 0.6) is 11.5 Å². The first-order valence-corrected chi connectivity index (χ1v) is 5.48. The molecule has 5 nitrogen and oxygen atoms in total. The van der Waals surface area contributed by atoms with Gasteiger partial charge in [0.2, 0.25) is 5.75 Å². The fraction of sp³-hybridized carbons (Fsp3) is 0. The number of hydrogen-bond acceptors (Lipinski definition) is 4. The van der Waals surface area contributed by atoms with Crippen molar-refractivity contribution >= 4 is 21.6 Å². The van der Waals surface area contributed by atoms with Gasteiger partial charge >= 0.3 is 5.69 Å². The first kappa shape index (κ1) is 11.5. The Labute approximate surface area is 105 Å². The second-order valence-electron chi connectivity index (χ2n) is 3.16. The zero-order valence-corrected chi connectivity index (χ0v) is 10.1. The van der Waals surface area contributed by atoms with Gasteiger partial charge in [0, 0.05) is 16.7 Å². The standard InChI is InChI=1S/C11H7BrN2O3/c12-8-1-3-9(4-2-8)17-11-7-13-6-5-10(11)14(15)16/h1-7H. The molecule has 17 heavy (non-hydrogen) atoms. The Morgan fingerprint density at radius 1 is 1.24 bits per heavy atom. The summed E-state index contributed by atoms with van der Waals surface area (Å²) in [7, 11) is 0. The van der Waals surface area contributed by atoms with Crippen LogP contribution in [0, 0.1) is 10.1 Å². The smallest absolute Gasteiger partial charge is 0.314 e. The molecule has 0 spiro atoms. The lowest BCUT2D eigenvalue weighted by Gasteiger charge is -2.05. The van der Waals surface area contributed by atoms with Crippen molar-refractivity contribution in [2.24, 2.45) is 0 Å². The first-order chi connectivity index (χ1) is 8.16. The SMILES string of the molecule is O=[N+]([O-])c1ccncc1Oc1ccc(Br)cc1. The Bertz CT molecular complexity index is 543. The van der Waals surface area contributed by atoms with Gasteiger partial charge < -0.3 is 4.74 Å². The third kappa shape index (κ3) is 2.79. The largest absolute Gasteiger partial charge is 0.448 e. The van der Waals surface area contributed by atoms with Gasteiger partial charge in [-0.3, -0.25) is 15.1 Å². The van der Waals surface area contributed by atoms with Gasteiger partial charge in [0.25, 0.3) is 0 Å². The molecule has 1 aromatic heterocycles. The normalized spacial score (nSPS) is 9.94. The number of ether oxygens (including phenoxy) is 1. The summed E-state index contributed by atoms with van der Waals surface area (Å²) >= 11 is 3.29. The molecule has 1 aromatic carbocycles. The molecule has 2 rings (SSSR count). The lowest BCUT2D eigenvalue weighted by molar-refractivity contribution is -0.385. The van der Waals surface area contributed by atoms with Crippen molar-refractivity contribution in [2.45, 2.75) is 0 Å². The number of nitro groups is 1. The second-order valence-corrected chi connectivity index (χ2v) is 4.07. The monoisotopic (exact) mass is 294 g/mol. The van der Waals surface area contributed by atoms with E-state index in [1.807, 2.05) is 0 Å². The van der Waals surface area contributed by atoms with E-state index in [-0.39, 0.29) is 11.4 Å². The Balaban J connectivity index is 2.30. The molecule has 2 aromatic rings.